The molecule has 114 valence electrons. The van der Waals surface area contributed by atoms with Gasteiger partial charge >= 0.3 is 0 Å². The molecule has 1 aromatic rings. The highest BCUT2D eigenvalue weighted by Crippen LogP contribution is 2.27. The lowest BCUT2D eigenvalue weighted by atomic mass is 10.1. The summed E-state index contributed by atoms with van der Waals surface area (Å²) < 4.78 is 26.8. The van der Waals surface area contributed by atoms with E-state index in [1.54, 1.807) is 13.1 Å². The Hall–Kier alpha value is -0.620. The molecule has 1 N–H and O–H groups in total. The number of sulfonamides is 1. The molecule has 0 heterocycles. The first-order chi connectivity index (χ1) is 9.25. The summed E-state index contributed by atoms with van der Waals surface area (Å²) >= 11 is 6.07. The lowest BCUT2D eigenvalue weighted by molar-refractivity contribution is 0.380. The normalized spacial score (nSPS) is 13.8. The van der Waals surface area contributed by atoms with Crippen molar-refractivity contribution in [2.24, 2.45) is 0 Å². The van der Waals surface area contributed by atoms with Crippen LogP contribution in [0, 0.1) is 6.92 Å². The van der Waals surface area contributed by atoms with Gasteiger partial charge in [0.15, 0.2) is 0 Å². The number of hydrogen-bond acceptors (Lipinski definition) is 3. The zero-order chi connectivity index (χ0) is 15.5. The van der Waals surface area contributed by atoms with Crippen molar-refractivity contribution in [1.82, 2.24) is 9.62 Å². The van der Waals surface area contributed by atoms with Gasteiger partial charge in [-0.15, -0.1) is 0 Å². The van der Waals surface area contributed by atoms with Crippen molar-refractivity contribution < 1.29 is 8.42 Å². The van der Waals surface area contributed by atoms with Crippen molar-refractivity contribution in [3.63, 3.8) is 0 Å². The number of rotatable bonds is 6. The van der Waals surface area contributed by atoms with Gasteiger partial charge in [0.05, 0.1) is 4.90 Å². The van der Waals surface area contributed by atoms with Crippen molar-refractivity contribution in [2.45, 2.75) is 44.7 Å². The summed E-state index contributed by atoms with van der Waals surface area (Å²) in [6, 6.07) is 3.28. The van der Waals surface area contributed by atoms with Crippen LogP contribution in [0.1, 0.15) is 31.4 Å². The molecular weight excluding hydrogens is 296 g/mol. The van der Waals surface area contributed by atoms with Gasteiger partial charge in [-0.3, -0.25) is 0 Å². The van der Waals surface area contributed by atoms with Gasteiger partial charge < -0.3 is 5.32 Å². The Morgan fingerprint density at radius 2 is 2.00 bits per heavy atom. The molecule has 0 radical (unpaired) electrons. The highest BCUT2D eigenvalue weighted by Gasteiger charge is 2.27. The third-order valence-corrected chi connectivity index (χ3v) is 5.98. The summed E-state index contributed by atoms with van der Waals surface area (Å²) in [5, 5.41) is 3.47. The van der Waals surface area contributed by atoms with Crippen molar-refractivity contribution in [3.05, 3.63) is 28.3 Å². The summed E-state index contributed by atoms with van der Waals surface area (Å²) in [4.78, 5) is 0.290. The topological polar surface area (TPSA) is 49.4 Å². The molecule has 4 nitrogen and oxygen atoms in total. The Labute approximate surface area is 127 Å². The third kappa shape index (κ3) is 3.52. The molecule has 0 spiro atoms. The quantitative estimate of drug-likeness (QED) is 0.877. The van der Waals surface area contributed by atoms with E-state index in [1.807, 2.05) is 27.8 Å². The second-order valence-corrected chi connectivity index (χ2v) is 7.40. The second-order valence-electron chi connectivity index (χ2n) is 5.00. The maximum Gasteiger partial charge on any atom is 0.243 e. The molecule has 0 aliphatic rings. The predicted molar refractivity (Wildman–Crippen MR) is 83.7 cm³/mol. The van der Waals surface area contributed by atoms with Crippen LogP contribution in [0.5, 0.6) is 0 Å². The summed E-state index contributed by atoms with van der Waals surface area (Å²) in [5.41, 5.74) is 1.65. The van der Waals surface area contributed by atoms with Crippen LogP contribution in [0.2, 0.25) is 5.02 Å². The minimum Gasteiger partial charge on any atom is -0.316 e. The molecule has 0 fully saturated rings. The van der Waals surface area contributed by atoms with E-state index in [-0.39, 0.29) is 10.9 Å². The lowest BCUT2D eigenvalue weighted by Crippen LogP contribution is -2.35. The van der Waals surface area contributed by atoms with Crippen molar-refractivity contribution in [2.75, 3.05) is 14.1 Å². The van der Waals surface area contributed by atoms with E-state index in [4.69, 9.17) is 11.6 Å². The van der Waals surface area contributed by atoms with Crippen LogP contribution in [0.15, 0.2) is 17.0 Å². The highest BCUT2D eigenvalue weighted by molar-refractivity contribution is 7.89. The summed E-state index contributed by atoms with van der Waals surface area (Å²) in [6.07, 6.45) is 0.763. The van der Waals surface area contributed by atoms with Crippen LogP contribution in [0.25, 0.3) is 0 Å². The third-order valence-electron chi connectivity index (χ3n) is 3.67. The van der Waals surface area contributed by atoms with Crippen LogP contribution >= 0.6 is 11.6 Å². The zero-order valence-electron chi connectivity index (χ0n) is 12.7. The summed E-state index contributed by atoms with van der Waals surface area (Å²) in [7, 11) is -0.0913. The smallest absolute Gasteiger partial charge is 0.243 e. The summed E-state index contributed by atoms with van der Waals surface area (Å²) in [5.74, 6) is 0. The molecule has 0 bridgehead atoms. The first kappa shape index (κ1) is 17.4. The van der Waals surface area contributed by atoms with Gasteiger partial charge in [0, 0.05) is 24.7 Å². The SMILES string of the molecule is CCC(C)N(C)S(=O)(=O)c1cc(Cl)cc(CNC)c1C. The van der Waals surface area contributed by atoms with Gasteiger partial charge in [-0.05, 0) is 50.6 Å². The predicted octanol–water partition coefficient (Wildman–Crippen LogP) is 2.79. The average molecular weight is 319 g/mol. The number of benzene rings is 1. The molecule has 1 aromatic carbocycles. The molecule has 0 amide bonds. The van der Waals surface area contributed by atoms with Gasteiger partial charge in [0.1, 0.15) is 0 Å². The molecule has 0 saturated carbocycles. The van der Waals surface area contributed by atoms with Crippen LogP contribution in [0.4, 0.5) is 0 Å². The van der Waals surface area contributed by atoms with Gasteiger partial charge in [-0.1, -0.05) is 18.5 Å². The molecule has 1 rings (SSSR count). The molecule has 20 heavy (non-hydrogen) atoms. The molecule has 0 aliphatic carbocycles. The molecule has 1 unspecified atom stereocenters. The van der Waals surface area contributed by atoms with E-state index in [1.165, 1.54) is 10.4 Å². The Bertz CT molecular complexity index is 573. The van der Waals surface area contributed by atoms with Crippen LogP contribution in [0.3, 0.4) is 0 Å². The maximum atomic E-state index is 12.7. The Kier molecular flexibility index (Phi) is 6.01. The van der Waals surface area contributed by atoms with Crippen LogP contribution < -0.4 is 5.32 Å². The van der Waals surface area contributed by atoms with Crippen LogP contribution in [-0.4, -0.2) is 32.9 Å². The number of halogens is 1. The lowest BCUT2D eigenvalue weighted by Gasteiger charge is -2.25. The van der Waals surface area contributed by atoms with E-state index in [0.29, 0.717) is 11.6 Å². The van der Waals surface area contributed by atoms with Crippen LogP contribution in [-0.2, 0) is 16.6 Å². The largest absolute Gasteiger partial charge is 0.316 e. The van der Waals surface area contributed by atoms with E-state index in [9.17, 15) is 8.42 Å². The Balaban J connectivity index is 3.38. The van der Waals surface area contributed by atoms with Gasteiger partial charge in [-0.2, -0.15) is 4.31 Å². The maximum absolute atomic E-state index is 12.7. The van der Waals surface area contributed by atoms with Gasteiger partial charge in [0.25, 0.3) is 0 Å². The standard InChI is InChI=1S/C14H23ClN2O2S/c1-6-10(2)17(5)20(18,19)14-8-13(15)7-12(9-16-4)11(14)3/h7-8,10,16H,6,9H2,1-5H3. The monoisotopic (exact) mass is 318 g/mol. The number of hydrogen-bond donors (Lipinski definition) is 1. The van der Waals surface area contributed by atoms with E-state index in [0.717, 1.165) is 17.5 Å². The fraction of sp³-hybridized carbons (Fsp3) is 0.571. The van der Waals surface area contributed by atoms with E-state index >= 15 is 0 Å². The molecule has 0 aliphatic heterocycles. The van der Waals surface area contributed by atoms with E-state index in [2.05, 4.69) is 5.32 Å². The van der Waals surface area contributed by atoms with Crippen molar-refractivity contribution in [3.8, 4) is 0 Å². The summed E-state index contributed by atoms with van der Waals surface area (Å²) in [6.45, 7) is 6.27. The second kappa shape index (κ2) is 6.89. The number of nitrogens with one attached hydrogen (secondary N) is 1. The first-order valence-corrected chi connectivity index (χ1v) is 8.49. The van der Waals surface area contributed by atoms with E-state index < -0.39 is 10.0 Å². The highest BCUT2D eigenvalue weighted by atomic mass is 35.5. The van der Waals surface area contributed by atoms with Crippen molar-refractivity contribution >= 4 is 21.6 Å². The molecule has 0 aromatic heterocycles. The number of nitrogens with zero attached hydrogens (tertiary/aromatic N) is 1. The Morgan fingerprint density at radius 3 is 2.50 bits per heavy atom. The van der Waals surface area contributed by atoms with Gasteiger partial charge in [-0.25, -0.2) is 8.42 Å². The van der Waals surface area contributed by atoms with Crippen molar-refractivity contribution in [1.29, 1.82) is 0 Å². The minimum atomic E-state index is -3.52. The fourth-order valence-electron chi connectivity index (χ4n) is 2.00. The Morgan fingerprint density at radius 1 is 1.40 bits per heavy atom. The molecule has 6 heteroatoms. The zero-order valence-corrected chi connectivity index (χ0v) is 14.3. The average Bonchev–Trinajstić information content (AvgIpc) is 2.40. The molecular formula is C14H23ClN2O2S. The van der Waals surface area contributed by atoms with Gasteiger partial charge in [0.2, 0.25) is 10.0 Å². The minimum absolute atomic E-state index is 0.0499. The fourth-order valence-corrected chi connectivity index (χ4v) is 4.03. The molecule has 0 saturated heterocycles. The molecule has 1 atom stereocenters. The first-order valence-electron chi connectivity index (χ1n) is 6.67.